The van der Waals surface area contributed by atoms with Crippen molar-refractivity contribution in [2.75, 3.05) is 6.54 Å². The quantitative estimate of drug-likeness (QED) is 0.391. The Balaban J connectivity index is 1.66. The van der Waals surface area contributed by atoms with Crippen molar-refractivity contribution in [2.24, 2.45) is 0 Å². The van der Waals surface area contributed by atoms with E-state index in [0.717, 1.165) is 0 Å². The van der Waals surface area contributed by atoms with Crippen LogP contribution in [-0.4, -0.2) is 41.9 Å². The normalized spacial score (nSPS) is 10.6. The third kappa shape index (κ3) is 3.86. The molecule has 1 amide bonds. The fourth-order valence-corrected chi connectivity index (χ4v) is 2.32. The van der Waals surface area contributed by atoms with E-state index < -0.39 is 4.92 Å². The first-order chi connectivity index (χ1) is 12.1. The van der Waals surface area contributed by atoms with Crippen LogP contribution in [0.3, 0.4) is 0 Å². The van der Waals surface area contributed by atoms with E-state index in [4.69, 9.17) is 0 Å². The Bertz CT molecular complexity index is 859. The van der Waals surface area contributed by atoms with Crippen LogP contribution >= 0.6 is 0 Å². The highest BCUT2D eigenvalue weighted by Gasteiger charge is 2.19. The number of amides is 1. The van der Waals surface area contributed by atoms with Gasteiger partial charge in [0.15, 0.2) is 0 Å². The Labute approximate surface area is 142 Å². The summed E-state index contributed by atoms with van der Waals surface area (Å²) in [7, 11) is 0. The Morgan fingerprint density at radius 1 is 1.32 bits per heavy atom. The lowest BCUT2D eigenvalue weighted by atomic mass is 10.1. The molecule has 0 aliphatic carbocycles. The summed E-state index contributed by atoms with van der Waals surface area (Å²) in [6.07, 6.45) is 6.87. The van der Waals surface area contributed by atoms with Gasteiger partial charge in [0.05, 0.1) is 4.92 Å². The number of aryl methyl sites for hydroxylation is 1. The van der Waals surface area contributed by atoms with Gasteiger partial charge in [-0.1, -0.05) is 0 Å². The van der Waals surface area contributed by atoms with Gasteiger partial charge in [0.2, 0.25) is 0 Å². The maximum Gasteiger partial charge on any atom is 0.295 e. The van der Waals surface area contributed by atoms with Crippen LogP contribution in [0.25, 0.3) is 5.69 Å². The molecule has 0 unspecified atom stereocenters. The van der Waals surface area contributed by atoms with Gasteiger partial charge in [-0.3, -0.25) is 19.6 Å². The van der Waals surface area contributed by atoms with Gasteiger partial charge >= 0.3 is 0 Å². The zero-order chi connectivity index (χ0) is 17.6. The van der Waals surface area contributed by atoms with Gasteiger partial charge in [-0.05, 0) is 24.6 Å². The third-order valence-electron chi connectivity index (χ3n) is 3.51. The zero-order valence-corrected chi connectivity index (χ0v) is 13.1. The van der Waals surface area contributed by atoms with Gasteiger partial charge in [-0.15, -0.1) is 0 Å². The largest absolute Gasteiger partial charge is 0.352 e. The van der Waals surface area contributed by atoms with Crippen molar-refractivity contribution < 1.29 is 9.72 Å². The molecule has 0 saturated carbocycles. The molecule has 10 nitrogen and oxygen atoms in total. The number of nitrogens with zero attached hydrogens (tertiary/aromatic N) is 6. The van der Waals surface area contributed by atoms with E-state index >= 15 is 0 Å². The maximum atomic E-state index is 12.2. The molecular weight excluding hydrogens is 326 g/mol. The van der Waals surface area contributed by atoms with E-state index in [9.17, 15) is 14.9 Å². The van der Waals surface area contributed by atoms with E-state index in [-0.39, 0.29) is 22.8 Å². The summed E-state index contributed by atoms with van der Waals surface area (Å²) in [5, 5.41) is 22.0. The average Bonchev–Trinajstić information content (AvgIpc) is 3.31. The van der Waals surface area contributed by atoms with Crippen molar-refractivity contribution in [3.63, 3.8) is 0 Å². The molecule has 2 heterocycles. The molecule has 3 aromatic rings. The summed E-state index contributed by atoms with van der Waals surface area (Å²) in [4.78, 5) is 26.7. The van der Waals surface area contributed by atoms with Crippen LogP contribution < -0.4 is 5.32 Å². The van der Waals surface area contributed by atoms with Crippen LogP contribution in [0, 0.1) is 10.1 Å². The summed E-state index contributed by atoms with van der Waals surface area (Å²) in [6.45, 7) is 1.12. The molecule has 0 spiro atoms. The number of aromatic nitrogens is 5. The molecule has 3 rings (SSSR count). The molecule has 0 saturated heterocycles. The van der Waals surface area contributed by atoms with Gasteiger partial charge in [-0.2, -0.15) is 10.2 Å². The topological polar surface area (TPSA) is 121 Å². The zero-order valence-electron chi connectivity index (χ0n) is 13.1. The minimum atomic E-state index is -0.550. The van der Waals surface area contributed by atoms with Gasteiger partial charge in [-0.25, -0.2) is 9.67 Å². The molecule has 0 aliphatic heterocycles. The van der Waals surface area contributed by atoms with Gasteiger partial charge < -0.3 is 5.32 Å². The van der Waals surface area contributed by atoms with Crippen LogP contribution in [0.5, 0.6) is 0 Å². The van der Waals surface area contributed by atoms with E-state index in [2.05, 4.69) is 20.5 Å². The molecule has 0 atom stereocenters. The Hall–Kier alpha value is -3.56. The first-order valence-corrected chi connectivity index (χ1v) is 7.54. The molecule has 1 aromatic carbocycles. The number of nitro benzene ring substituents is 1. The third-order valence-corrected chi connectivity index (χ3v) is 3.51. The molecule has 25 heavy (non-hydrogen) atoms. The van der Waals surface area contributed by atoms with E-state index in [0.29, 0.717) is 19.5 Å². The molecule has 128 valence electrons. The molecular formula is C15H15N7O3. The molecule has 0 radical (unpaired) electrons. The number of nitrogens with one attached hydrogen (secondary N) is 1. The summed E-state index contributed by atoms with van der Waals surface area (Å²) >= 11 is 0. The number of hydrogen-bond donors (Lipinski definition) is 1. The predicted molar refractivity (Wildman–Crippen MR) is 87.2 cm³/mol. The van der Waals surface area contributed by atoms with Crippen molar-refractivity contribution in [3.05, 3.63) is 65.0 Å². The fourth-order valence-electron chi connectivity index (χ4n) is 2.32. The summed E-state index contributed by atoms with van der Waals surface area (Å²) < 4.78 is 3.05. The average molecular weight is 341 g/mol. The summed E-state index contributed by atoms with van der Waals surface area (Å²) in [5.41, 5.74) is 0.252. The van der Waals surface area contributed by atoms with E-state index in [1.807, 2.05) is 12.3 Å². The van der Waals surface area contributed by atoms with Crippen molar-refractivity contribution in [2.45, 2.75) is 13.0 Å². The molecule has 1 N–H and O–H groups in total. The second-order valence-electron chi connectivity index (χ2n) is 5.18. The Kier molecular flexibility index (Phi) is 4.79. The lowest BCUT2D eigenvalue weighted by Crippen LogP contribution is -2.25. The summed E-state index contributed by atoms with van der Waals surface area (Å²) in [6, 6.07) is 6.06. The lowest BCUT2D eigenvalue weighted by Gasteiger charge is -2.07. The van der Waals surface area contributed by atoms with Gasteiger partial charge in [0.1, 0.15) is 18.3 Å². The SMILES string of the molecule is O=C(NCCCn1cccn1)c1ccc(-n2cncn2)c([N+](=O)[O-])c1. The van der Waals surface area contributed by atoms with Crippen LogP contribution in [-0.2, 0) is 6.54 Å². The van der Waals surface area contributed by atoms with Crippen molar-refractivity contribution >= 4 is 11.6 Å². The van der Waals surface area contributed by atoms with Crippen molar-refractivity contribution in [1.82, 2.24) is 29.9 Å². The fraction of sp³-hybridized carbons (Fsp3) is 0.200. The minimum Gasteiger partial charge on any atom is -0.352 e. The number of hydrogen-bond acceptors (Lipinski definition) is 6. The predicted octanol–water partition coefficient (Wildman–Crippen LogP) is 1.19. The van der Waals surface area contributed by atoms with Crippen LogP contribution in [0.4, 0.5) is 5.69 Å². The number of carbonyl (C=O) groups excluding carboxylic acids is 1. The Morgan fingerprint density at radius 3 is 2.88 bits per heavy atom. The van der Waals surface area contributed by atoms with Crippen LogP contribution in [0.15, 0.2) is 49.3 Å². The molecule has 2 aromatic heterocycles. The number of rotatable bonds is 7. The minimum absolute atomic E-state index is 0.213. The molecule has 0 bridgehead atoms. The first-order valence-electron chi connectivity index (χ1n) is 7.54. The lowest BCUT2D eigenvalue weighted by molar-refractivity contribution is -0.384. The highest BCUT2D eigenvalue weighted by atomic mass is 16.6. The molecule has 10 heteroatoms. The van der Waals surface area contributed by atoms with E-state index in [1.54, 1.807) is 10.9 Å². The van der Waals surface area contributed by atoms with Crippen LogP contribution in [0.1, 0.15) is 16.8 Å². The smallest absolute Gasteiger partial charge is 0.295 e. The number of nitro groups is 1. The standard InChI is InChI=1S/C15H15N7O3/c23-15(17-5-1-7-20-8-2-6-18-20)12-3-4-13(14(9-12)22(24)25)21-11-16-10-19-21/h2-4,6,8-11H,1,5,7H2,(H,17,23). The summed E-state index contributed by atoms with van der Waals surface area (Å²) in [5.74, 6) is -0.367. The monoisotopic (exact) mass is 341 g/mol. The van der Waals surface area contributed by atoms with Gasteiger partial charge in [0.25, 0.3) is 11.6 Å². The van der Waals surface area contributed by atoms with Gasteiger partial charge in [0, 0.05) is 37.1 Å². The van der Waals surface area contributed by atoms with Crippen LogP contribution in [0.2, 0.25) is 0 Å². The second-order valence-corrected chi connectivity index (χ2v) is 5.18. The first kappa shape index (κ1) is 16.3. The van der Waals surface area contributed by atoms with E-state index in [1.165, 1.54) is 35.5 Å². The highest BCUT2D eigenvalue weighted by molar-refractivity contribution is 5.95. The molecule has 0 aliphatic rings. The van der Waals surface area contributed by atoms with Crippen molar-refractivity contribution in [1.29, 1.82) is 0 Å². The maximum absolute atomic E-state index is 12.2. The molecule has 0 fully saturated rings. The van der Waals surface area contributed by atoms with Crippen molar-refractivity contribution in [3.8, 4) is 5.69 Å². The number of benzene rings is 1. The second kappa shape index (κ2) is 7.34. The Morgan fingerprint density at radius 2 is 2.20 bits per heavy atom. The highest BCUT2D eigenvalue weighted by Crippen LogP contribution is 2.23. The number of carbonyl (C=O) groups is 1.